The standard InChI is InChI=1S/C24H39N3O4/c1-17-20(22(28)30-6)15-19(16-21(17)25(5)18-9-7-8-10-18)26-11-13-27(14-12-26)23(29)31-24(2,3)4/h15-16,18,22,28H,7-14H2,1-6H3. The minimum atomic E-state index is -0.960. The lowest BCUT2D eigenvalue weighted by Gasteiger charge is -2.38. The van der Waals surface area contributed by atoms with Crippen molar-refractivity contribution in [3.63, 3.8) is 0 Å². The fourth-order valence-electron chi connectivity index (χ4n) is 4.60. The molecule has 1 aromatic rings. The van der Waals surface area contributed by atoms with Crippen molar-refractivity contribution < 1.29 is 19.4 Å². The van der Waals surface area contributed by atoms with E-state index < -0.39 is 11.9 Å². The van der Waals surface area contributed by atoms with Gasteiger partial charge in [-0.15, -0.1) is 0 Å². The highest BCUT2D eigenvalue weighted by molar-refractivity contribution is 5.70. The number of nitrogens with zero attached hydrogens (tertiary/aromatic N) is 3. The van der Waals surface area contributed by atoms with Crippen LogP contribution in [0.15, 0.2) is 12.1 Å². The van der Waals surface area contributed by atoms with Gasteiger partial charge in [0, 0.05) is 63.3 Å². The monoisotopic (exact) mass is 433 g/mol. The maximum absolute atomic E-state index is 12.4. The SMILES string of the molecule is COC(O)c1cc(N2CCN(C(=O)OC(C)(C)C)CC2)cc(N(C)C2CCCC2)c1C. The average molecular weight is 434 g/mol. The number of carbonyl (C=O) groups excluding carboxylic acids is 1. The van der Waals surface area contributed by atoms with E-state index in [2.05, 4.69) is 29.8 Å². The van der Waals surface area contributed by atoms with Crippen LogP contribution in [-0.4, -0.2) is 68.1 Å². The summed E-state index contributed by atoms with van der Waals surface area (Å²) in [6, 6.07) is 4.78. The van der Waals surface area contributed by atoms with Crippen molar-refractivity contribution in [1.82, 2.24) is 4.90 Å². The molecule has 174 valence electrons. The maximum Gasteiger partial charge on any atom is 0.410 e. The predicted octanol–water partition coefficient (Wildman–Crippen LogP) is 4.07. The van der Waals surface area contributed by atoms with Crippen molar-refractivity contribution in [3.8, 4) is 0 Å². The van der Waals surface area contributed by atoms with Crippen molar-refractivity contribution in [1.29, 1.82) is 0 Å². The van der Waals surface area contributed by atoms with E-state index in [-0.39, 0.29) is 6.09 Å². The lowest BCUT2D eigenvalue weighted by molar-refractivity contribution is -0.0772. The molecule has 7 nitrogen and oxygen atoms in total. The van der Waals surface area contributed by atoms with Crippen molar-refractivity contribution in [2.24, 2.45) is 0 Å². The van der Waals surface area contributed by atoms with Crippen LogP contribution in [-0.2, 0) is 9.47 Å². The van der Waals surface area contributed by atoms with Crippen LogP contribution in [0, 0.1) is 6.92 Å². The van der Waals surface area contributed by atoms with Gasteiger partial charge in [0.05, 0.1) is 0 Å². The van der Waals surface area contributed by atoms with Crippen molar-refractivity contribution in [2.75, 3.05) is 50.1 Å². The molecular weight excluding hydrogens is 394 g/mol. The number of aliphatic hydroxyl groups is 1. The molecule has 1 aromatic carbocycles. The molecule has 3 rings (SSSR count). The number of benzene rings is 1. The van der Waals surface area contributed by atoms with E-state index in [0.717, 1.165) is 35.6 Å². The van der Waals surface area contributed by atoms with Crippen LogP contribution >= 0.6 is 0 Å². The summed E-state index contributed by atoms with van der Waals surface area (Å²) >= 11 is 0. The van der Waals surface area contributed by atoms with Gasteiger partial charge in [0.2, 0.25) is 0 Å². The van der Waals surface area contributed by atoms with E-state index in [1.165, 1.54) is 32.8 Å². The van der Waals surface area contributed by atoms with Gasteiger partial charge in [-0.2, -0.15) is 0 Å². The third-order valence-electron chi connectivity index (χ3n) is 6.44. The van der Waals surface area contributed by atoms with Gasteiger partial charge in [-0.1, -0.05) is 12.8 Å². The van der Waals surface area contributed by atoms with E-state index in [1.807, 2.05) is 26.8 Å². The van der Waals surface area contributed by atoms with E-state index in [1.54, 1.807) is 4.90 Å². The summed E-state index contributed by atoms with van der Waals surface area (Å²) < 4.78 is 10.8. The molecule has 1 amide bonds. The van der Waals surface area contributed by atoms with Gasteiger partial charge in [0.25, 0.3) is 0 Å². The van der Waals surface area contributed by atoms with Crippen molar-refractivity contribution in [3.05, 3.63) is 23.3 Å². The number of hydrogen-bond acceptors (Lipinski definition) is 6. The van der Waals surface area contributed by atoms with Crippen LogP contribution in [0.5, 0.6) is 0 Å². The van der Waals surface area contributed by atoms with Gasteiger partial charge in [-0.3, -0.25) is 0 Å². The third-order valence-corrected chi connectivity index (χ3v) is 6.44. The average Bonchev–Trinajstić information content (AvgIpc) is 3.26. The number of ether oxygens (including phenoxy) is 2. The minimum Gasteiger partial charge on any atom is -0.444 e. The zero-order valence-corrected chi connectivity index (χ0v) is 20.0. The van der Waals surface area contributed by atoms with E-state index >= 15 is 0 Å². The second kappa shape index (κ2) is 9.65. The number of anilines is 2. The highest BCUT2D eigenvalue weighted by Crippen LogP contribution is 2.36. The molecule has 7 heteroatoms. The topological polar surface area (TPSA) is 65.5 Å². The Balaban J connectivity index is 1.81. The third kappa shape index (κ3) is 5.63. The molecule has 1 atom stereocenters. The molecule has 1 saturated heterocycles. The van der Waals surface area contributed by atoms with Crippen molar-refractivity contribution in [2.45, 2.75) is 71.3 Å². The number of piperazine rings is 1. The molecule has 0 bridgehead atoms. The first kappa shape index (κ1) is 23.7. The molecule has 2 fully saturated rings. The van der Waals surface area contributed by atoms with Crippen LogP contribution in [0.4, 0.5) is 16.2 Å². The molecule has 1 aliphatic heterocycles. The predicted molar refractivity (Wildman–Crippen MR) is 124 cm³/mol. The number of rotatable bonds is 5. The van der Waals surface area contributed by atoms with E-state index in [4.69, 9.17) is 9.47 Å². The fraction of sp³-hybridized carbons (Fsp3) is 0.708. The Kier molecular flexibility index (Phi) is 7.37. The molecule has 1 saturated carbocycles. The minimum absolute atomic E-state index is 0.256. The Morgan fingerprint density at radius 2 is 1.77 bits per heavy atom. The van der Waals surface area contributed by atoms with Crippen LogP contribution in [0.2, 0.25) is 0 Å². The Labute approximate surface area is 186 Å². The van der Waals surface area contributed by atoms with Crippen LogP contribution in [0.3, 0.4) is 0 Å². The molecule has 2 aliphatic rings. The largest absolute Gasteiger partial charge is 0.444 e. The van der Waals surface area contributed by atoms with Gasteiger partial charge in [-0.25, -0.2) is 4.79 Å². The van der Waals surface area contributed by atoms with Gasteiger partial charge in [0.1, 0.15) is 5.60 Å². The summed E-state index contributed by atoms with van der Waals surface area (Å²) in [4.78, 5) is 18.8. The second-order valence-electron chi connectivity index (χ2n) is 9.77. The van der Waals surface area contributed by atoms with Crippen molar-refractivity contribution >= 4 is 17.5 Å². The lowest BCUT2D eigenvalue weighted by Crippen LogP contribution is -2.50. The fourth-order valence-corrected chi connectivity index (χ4v) is 4.60. The Morgan fingerprint density at radius 3 is 2.32 bits per heavy atom. The quantitative estimate of drug-likeness (QED) is 0.706. The first-order chi connectivity index (χ1) is 14.6. The number of aliphatic hydroxyl groups excluding tert-OH is 1. The van der Waals surface area contributed by atoms with Gasteiger partial charge >= 0.3 is 6.09 Å². The number of amides is 1. The zero-order valence-electron chi connectivity index (χ0n) is 20.0. The molecule has 1 aliphatic carbocycles. The van der Waals surface area contributed by atoms with Crippen LogP contribution in [0.25, 0.3) is 0 Å². The van der Waals surface area contributed by atoms with E-state index in [0.29, 0.717) is 19.1 Å². The second-order valence-corrected chi connectivity index (χ2v) is 9.77. The normalized spacial score (nSPS) is 18.9. The van der Waals surface area contributed by atoms with Gasteiger partial charge in [-0.05, 0) is 58.2 Å². The summed E-state index contributed by atoms with van der Waals surface area (Å²) in [7, 11) is 3.68. The Bertz CT molecular complexity index is 763. The van der Waals surface area contributed by atoms with Gasteiger partial charge < -0.3 is 29.3 Å². The van der Waals surface area contributed by atoms with Gasteiger partial charge in [0.15, 0.2) is 6.29 Å². The highest BCUT2D eigenvalue weighted by atomic mass is 16.6. The van der Waals surface area contributed by atoms with Crippen LogP contribution < -0.4 is 9.80 Å². The highest BCUT2D eigenvalue weighted by Gasteiger charge is 2.28. The first-order valence-electron chi connectivity index (χ1n) is 11.4. The number of hydrogen-bond donors (Lipinski definition) is 1. The first-order valence-corrected chi connectivity index (χ1v) is 11.4. The molecule has 0 radical (unpaired) electrons. The Morgan fingerprint density at radius 1 is 1.16 bits per heavy atom. The molecule has 0 spiro atoms. The summed E-state index contributed by atoms with van der Waals surface area (Å²) in [6.07, 6.45) is 3.74. The zero-order chi connectivity index (χ0) is 22.8. The summed E-state index contributed by atoms with van der Waals surface area (Å²) in [5.74, 6) is 0. The van der Waals surface area contributed by atoms with E-state index in [9.17, 15) is 9.90 Å². The smallest absolute Gasteiger partial charge is 0.410 e. The molecule has 1 N–H and O–H groups in total. The molecule has 0 aromatic heterocycles. The Hall–Kier alpha value is -1.99. The molecule has 1 heterocycles. The summed E-state index contributed by atoms with van der Waals surface area (Å²) in [5.41, 5.74) is 3.57. The number of carbonyl (C=O) groups is 1. The summed E-state index contributed by atoms with van der Waals surface area (Å²) in [6.45, 7) is 10.4. The number of methoxy groups -OCH3 is 1. The molecule has 1 unspecified atom stereocenters. The maximum atomic E-state index is 12.4. The lowest BCUT2D eigenvalue weighted by atomic mass is 10.0. The molecule has 31 heavy (non-hydrogen) atoms. The summed E-state index contributed by atoms with van der Waals surface area (Å²) in [5, 5.41) is 10.5. The molecular formula is C24H39N3O4. The van der Waals surface area contributed by atoms with Crippen LogP contribution in [0.1, 0.15) is 63.9 Å².